The van der Waals surface area contributed by atoms with E-state index in [1.807, 2.05) is 0 Å². The van der Waals surface area contributed by atoms with Gasteiger partial charge in [0, 0.05) is 0 Å². The molecule has 0 radical (unpaired) electrons. The monoisotopic (exact) mass is 180 g/mol. The van der Waals surface area contributed by atoms with Gasteiger partial charge in [0.15, 0.2) is 5.84 Å². The zero-order chi connectivity index (χ0) is 9.26. The maximum absolute atomic E-state index is 8.64. The van der Waals surface area contributed by atoms with Crippen molar-refractivity contribution < 1.29 is 5.21 Å². The molecule has 0 spiro atoms. The van der Waals surface area contributed by atoms with E-state index in [1.165, 1.54) is 31.3 Å². The van der Waals surface area contributed by atoms with E-state index >= 15 is 0 Å². The summed E-state index contributed by atoms with van der Waals surface area (Å²) in [5.41, 5.74) is 8.25. The van der Waals surface area contributed by atoms with Gasteiger partial charge in [-0.1, -0.05) is 10.7 Å². The third-order valence-electron chi connectivity index (χ3n) is 3.28. The first-order valence-corrected chi connectivity index (χ1v) is 5.02. The van der Waals surface area contributed by atoms with Gasteiger partial charge in [-0.3, -0.25) is 0 Å². The number of hydrogen-bond acceptors (Lipinski definition) is 2. The Hall–Kier alpha value is -0.990. The molecule has 0 saturated heterocycles. The highest BCUT2D eigenvalue weighted by molar-refractivity contribution is 5.97. The first-order chi connectivity index (χ1) is 6.33. The number of fused-ring (bicyclic) bond motifs is 1. The Kier molecular flexibility index (Phi) is 2.25. The average molecular weight is 180 g/mol. The number of nitrogens with two attached hydrogens (primary N) is 1. The molecule has 3 nitrogen and oxygen atoms in total. The van der Waals surface area contributed by atoms with E-state index in [0.717, 1.165) is 24.3 Å². The summed E-state index contributed by atoms with van der Waals surface area (Å²) >= 11 is 0. The van der Waals surface area contributed by atoms with Crippen molar-refractivity contribution in [3.05, 3.63) is 11.1 Å². The van der Waals surface area contributed by atoms with Gasteiger partial charge in [-0.15, -0.1) is 0 Å². The van der Waals surface area contributed by atoms with Crippen LogP contribution in [-0.2, 0) is 0 Å². The molecule has 0 aliphatic heterocycles. The third kappa shape index (κ3) is 1.43. The molecule has 1 saturated carbocycles. The minimum absolute atomic E-state index is 0.349. The second-order valence-electron chi connectivity index (χ2n) is 3.97. The number of rotatable bonds is 1. The SMILES string of the molecule is NC(=NO)C1=C2CCCC2CCC1. The molecule has 1 fully saturated rings. The van der Waals surface area contributed by atoms with Crippen LogP contribution in [0.1, 0.15) is 38.5 Å². The zero-order valence-electron chi connectivity index (χ0n) is 7.79. The summed E-state index contributed by atoms with van der Waals surface area (Å²) in [6, 6.07) is 0. The van der Waals surface area contributed by atoms with Crippen molar-refractivity contribution >= 4 is 5.84 Å². The molecule has 0 aromatic heterocycles. The first-order valence-electron chi connectivity index (χ1n) is 5.02. The Morgan fingerprint density at radius 2 is 2.00 bits per heavy atom. The highest BCUT2D eigenvalue weighted by Gasteiger charge is 2.28. The van der Waals surface area contributed by atoms with Crippen molar-refractivity contribution in [1.29, 1.82) is 0 Å². The number of amidine groups is 1. The van der Waals surface area contributed by atoms with Crippen molar-refractivity contribution in [3.8, 4) is 0 Å². The molecule has 0 bridgehead atoms. The Morgan fingerprint density at radius 3 is 2.69 bits per heavy atom. The van der Waals surface area contributed by atoms with Crippen LogP contribution in [0.3, 0.4) is 0 Å². The summed E-state index contributed by atoms with van der Waals surface area (Å²) in [5.74, 6) is 1.09. The minimum atomic E-state index is 0.349. The maximum atomic E-state index is 8.64. The third-order valence-corrected chi connectivity index (χ3v) is 3.28. The van der Waals surface area contributed by atoms with E-state index in [2.05, 4.69) is 5.16 Å². The van der Waals surface area contributed by atoms with Gasteiger partial charge in [0.05, 0.1) is 0 Å². The fourth-order valence-corrected chi connectivity index (χ4v) is 2.67. The topological polar surface area (TPSA) is 58.6 Å². The molecule has 0 amide bonds. The lowest BCUT2D eigenvalue weighted by molar-refractivity contribution is 0.318. The lowest BCUT2D eigenvalue weighted by Gasteiger charge is -2.22. The summed E-state index contributed by atoms with van der Waals surface area (Å²) in [6.07, 6.45) is 7.24. The van der Waals surface area contributed by atoms with E-state index in [-0.39, 0.29) is 0 Å². The maximum Gasteiger partial charge on any atom is 0.165 e. The standard InChI is InChI=1S/C10H16N2O/c11-10(12-13)9-6-2-4-7-3-1-5-8(7)9/h7,13H,1-6H2,(H2,11,12). The lowest BCUT2D eigenvalue weighted by atomic mass is 9.84. The lowest BCUT2D eigenvalue weighted by Crippen LogP contribution is -2.20. The summed E-state index contributed by atoms with van der Waals surface area (Å²) in [6.45, 7) is 0. The molecule has 72 valence electrons. The van der Waals surface area contributed by atoms with Crippen LogP contribution in [-0.4, -0.2) is 11.0 Å². The Balaban J connectivity index is 2.32. The Bertz CT molecular complexity index is 268. The Labute approximate surface area is 78.3 Å². The molecule has 2 aliphatic rings. The van der Waals surface area contributed by atoms with Crippen molar-refractivity contribution in [2.45, 2.75) is 38.5 Å². The summed E-state index contributed by atoms with van der Waals surface area (Å²) in [7, 11) is 0. The molecule has 2 aliphatic carbocycles. The van der Waals surface area contributed by atoms with Gasteiger partial charge < -0.3 is 10.9 Å². The van der Waals surface area contributed by atoms with Crippen molar-refractivity contribution in [3.63, 3.8) is 0 Å². The van der Waals surface area contributed by atoms with E-state index < -0.39 is 0 Å². The largest absolute Gasteiger partial charge is 0.409 e. The van der Waals surface area contributed by atoms with Crippen LogP contribution in [0.2, 0.25) is 0 Å². The molecule has 1 unspecified atom stereocenters. The quantitative estimate of drug-likeness (QED) is 0.281. The molecule has 0 heterocycles. The van der Waals surface area contributed by atoms with E-state index in [0.29, 0.717) is 5.84 Å². The van der Waals surface area contributed by atoms with Crippen LogP contribution in [0.5, 0.6) is 0 Å². The summed E-state index contributed by atoms with van der Waals surface area (Å²) in [5, 5.41) is 11.7. The first kappa shape index (κ1) is 8.60. The van der Waals surface area contributed by atoms with E-state index in [9.17, 15) is 0 Å². The second kappa shape index (κ2) is 3.40. The highest BCUT2D eigenvalue weighted by Crippen LogP contribution is 2.41. The smallest absolute Gasteiger partial charge is 0.165 e. The molecule has 2 rings (SSSR count). The van der Waals surface area contributed by atoms with Crippen LogP contribution in [0, 0.1) is 5.92 Å². The van der Waals surface area contributed by atoms with Gasteiger partial charge in [0.25, 0.3) is 0 Å². The van der Waals surface area contributed by atoms with Crippen LogP contribution in [0.15, 0.2) is 16.3 Å². The predicted octanol–water partition coefficient (Wildman–Crippen LogP) is 2.01. The molecule has 3 N–H and O–H groups in total. The van der Waals surface area contributed by atoms with Crippen LogP contribution in [0.4, 0.5) is 0 Å². The van der Waals surface area contributed by atoms with Gasteiger partial charge in [0.2, 0.25) is 0 Å². The average Bonchev–Trinajstić information content (AvgIpc) is 2.63. The van der Waals surface area contributed by atoms with Gasteiger partial charge in [-0.05, 0) is 50.0 Å². The number of nitrogens with zero attached hydrogens (tertiary/aromatic N) is 1. The Morgan fingerprint density at radius 1 is 1.31 bits per heavy atom. The predicted molar refractivity (Wildman–Crippen MR) is 51.6 cm³/mol. The number of oxime groups is 1. The van der Waals surface area contributed by atoms with Gasteiger partial charge in [-0.2, -0.15) is 0 Å². The number of hydrogen-bond donors (Lipinski definition) is 2. The second-order valence-corrected chi connectivity index (χ2v) is 3.97. The summed E-state index contributed by atoms with van der Waals surface area (Å²) < 4.78 is 0. The van der Waals surface area contributed by atoms with E-state index in [4.69, 9.17) is 10.9 Å². The number of allylic oxidation sites excluding steroid dienone is 1. The van der Waals surface area contributed by atoms with E-state index in [1.54, 1.807) is 0 Å². The van der Waals surface area contributed by atoms with Crippen molar-refractivity contribution in [1.82, 2.24) is 0 Å². The fourth-order valence-electron chi connectivity index (χ4n) is 2.67. The van der Waals surface area contributed by atoms with Crippen molar-refractivity contribution in [2.24, 2.45) is 16.8 Å². The van der Waals surface area contributed by atoms with Crippen LogP contribution >= 0.6 is 0 Å². The normalized spacial score (nSPS) is 29.2. The van der Waals surface area contributed by atoms with Gasteiger partial charge >= 0.3 is 0 Å². The van der Waals surface area contributed by atoms with Crippen LogP contribution < -0.4 is 5.73 Å². The fraction of sp³-hybridized carbons (Fsp3) is 0.700. The molecule has 3 heteroatoms. The van der Waals surface area contributed by atoms with Crippen molar-refractivity contribution in [2.75, 3.05) is 0 Å². The molecule has 1 atom stereocenters. The van der Waals surface area contributed by atoms with Crippen LogP contribution in [0.25, 0.3) is 0 Å². The van der Waals surface area contributed by atoms with Gasteiger partial charge in [-0.25, -0.2) is 0 Å². The molecule has 13 heavy (non-hydrogen) atoms. The summed E-state index contributed by atoms with van der Waals surface area (Å²) in [4.78, 5) is 0. The molecule has 0 aromatic carbocycles. The molecule has 0 aromatic rings. The molecular weight excluding hydrogens is 164 g/mol. The molecular formula is C10H16N2O. The van der Waals surface area contributed by atoms with Gasteiger partial charge in [0.1, 0.15) is 0 Å². The zero-order valence-corrected chi connectivity index (χ0v) is 7.79. The highest BCUT2D eigenvalue weighted by atomic mass is 16.4. The minimum Gasteiger partial charge on any atom is -0.409 e.